The van der Waals surface area contributed by atoms with Gasteiger partial charge in [0.05, 0.1) is 20.3 Å². The number of carbonyl (C=O) groups is 1. The predicted octanol–water partition coefficient (Wildman–Crippen LogP) is 4.34. The van der Waals surface area contributed by atoms with Crippen molar-refractivity contribution in [3.63, 3.8) is 0 Å². The van der Waals surface area contributed by atoms with Gasteiger partial charge >= 0.3 is 0 Å². The van der Waals surface area contributed by atoms with Gasteiger partial charge < -0.3 is 18.9 Å². The molecule has 1 fully saturated rings. The summed E-state index contributed by atoms with van der Waals surface area (Å²) in [6, 6.07) is 17.1. The lowest BCUT2D eigenvalue weighted by Crippen LogP contribution is -2.30. The number of methoxy groups -OCH3 is 2. The van der Waals surface area contributed by atoms with Gasteiger partial charge in [0.25, 0.3) is 5.91 Å². The van der Waals surface area contributed by atoms with Gasteiger partial charge in [-0.05, 0) is 42.7 Å². The van der Waals surface area contributed by atoms with E-state index >= 15 is 0 Å². The molecule has 28 heavy (non-hydrogen) atoms. The number of hydrogen-bond donors (Lipinski definition) is 0. The molecule has 2 heterocycles. The SMILES string of the molecule is COc1ccc(C2CCCN2C(=O)c2cc(-c3cccc(OC)c3)on2)cc1. The smallest absolute Gasteiger partial charge is 0.276 e. The first kappa shape index (κ1) is 18.1. The highest BCUT2D eigenvalue weighted by atomic mass is 16.5. The summed E-state index contributed by atoms with van der Waals surface area (Å²) in [5.74, 6) is 1.96. The molecule has 0 spiro atoms. The second-order valence-corrected chi connectivity index (χ2v) is 6.74. The highest BCUT2D eigenvalue weighted by Crippen LogP contribution is 2.34. The Morgan fingerprint density at radius 3 is 2.61 bits per heavy atom. The molecule has 1 amide bonds. The van der Waals surface area contributed by atoms with Gasteiger partial charge in [0.2, 0.25) is 0 Å². The van der Waals surface area contributed by atoms with E-state index in [0.29, 0.717) is 18.0 Å². The molecule has 0 radical (unpaired) electrons. The van der Waals surface area contributed by atoms with Crippen LogP contribution in [-0.2, 0) is 0 Å². The van der Waals surface area contributed by atoms with Gasteiger partial charge in [-0.3, -0.25) is 4.79 Å². The fourth-order valence-electron chi connectivity index (χ4n) is 3.62. The second kappa shape index (κ2) is 7.76. The van der Waals surface area contributed by atoms with E-state index in [1.165, 1.54) is 0 Å². The third kappa shape index (κ3) is 3.45. The molecule has 2 aromatic carbocycles. The molecule has 0 aliphatic carbocycles. The standard InChI is InChI=1S/C22H22N2O4/c1-26-17-10-8-15(9-11-17)20-7-4-12-24(20)22(25)19-14-21(28-23-19)16-5-3-6-18(13-16)27-2/h3,5-6,8-11,13-14,20H,4,7,12H2,1-2H3. The molecule has 144 valence electrons. The molecule has 6 nitrogen and oxygen atoms in total. The van der Waals surface area contributed by atoms with Gasteiger partial charge in [0.1, 0.15) is 11.5 Å². The fraction of sp³-hybridized carbons (Fsp3) is 0.273. The van der Waals surface area contributed by atoms with E-state index in [1.54, 1.807) is 20.3 Å². The number of benzene rings is 2. The zero-order valence-corrected chi connectivity index (χ0v) is 15.9. The molecule has 1 unspecified atom stereocenters. The van der Waals surface area contributed by atoms with Crippen molar-refractivity contribution in [1.82, 2.24) is 10.1 Å². The third-order valence-electron chi connectivity index (χ3n) is 5.10. The Morgan fingerprint density at radius 1 is 1.07 bits per heavy atom. The van der Waals surface area contributed by atoms with Crippen molar-refractivity contribution >= 4 is 5.91 Å². The largest absolute Gasteiger partial charge is 0.497 e. The van der Waals surface area contributed by atoms with E-state index < -0.39 is 0 Å². The molecule has 1 saturated heterocycles. The second-order valence-electron chi connectivity index (χ2n) is 6.74. The van der Waals surface area contributed by atoms with E-state index in [9.17, 15) is 4.79 Å². The molecule has 1 aliphatic rings. The summed E-state index contributed by atoms with van der Waals surface area (Å²) in [5, 5.41) is 4.02. The Bertz CT molecular complexity index is 965. The number of hydrogen-bond acceptors (Lipinski definition) is 5. The summed E-state index contributed by atoms with van der Waals surface area (Å²) in [6.07, 6.45) is 1.89. The monoisotopic (exact) mass is 378 g/mol. The van der Waals surface area contributed by atoms with E-state index in [2.05, 4.69) is 5.16 Å². The van der Waals surface area contributed by atoms with Crippen LogP contribution in [0.1, 0.15) is 34.9 Å². The maximum Gasteiger partial charge on any atom is 0.276 e. The van der Waals surface area contributed by atoms with Crippen molar-refractivity contribution in [2.75, 3.05) is 20.8 Å². The van der Waals surface area contributed by atoms with Crippen LogP contribution in [-0.4, -0.2) is 36.7 Å². The minimum Gasteiger partial charge on any atom is -0.497 e. The molecule has 6 heteroatoms. The number of rotatable bonds is 5. The Hall–Kier alpha value is -3.28. The summed E-state index contributed by atoms with van der Waals surface area (Å²) in [4.78, 5) is 14.9. The van der Waals surface area contributed by atoms with Crippen LogP contribution < -0.4 is 9.47 Å². The van der Waals surface area contributed by atoms with Crippen molar-refractivity contribution in [2.24, 2.45) is 0 Å². The fourth-order valence-corrected chi connectivity index (χ4v) is 3.62. The van der Waals surface area contributed by atoms with E-state index in [-0.39, 0.29) is 11.9 Å². The molecule has 1 aliphatic heterocycles. The van der Waals surface area contributed by atoms with Gasteiger partial charge in [0.15, 0.2) is 11.5 Å². The number of nitrogens with zero attached hydrogens (tertiary/aromatic N) is 2. The highest BCUT2D eigenvalue weighted by Gasteiger charge is 2.32. The first-order valence-electron chi connectivity index (χ1n) is 9.25. The minimum atomic E-state index is -0.115. The van der Waals surface area contributed by atoms with Crippen LogP contribution in [0.25, 0.3) is 11.3 Å². The molecule has 0 saturated carbocycles. The maximum atomic E-state index is 13.1. The van der Waals surface area contributed by atoms with Crippen molar-refractivity contribution < 1.29 is 18.8 Å². The average Bonchev–Trinajstić information content (AvgIpc) is 3.43. The minimum absolute atomic E-state index is 0.0374. The van der Waals surface area contributed by atoms with Crippen LogP contribution >= 0.6 is 0 Å². The number of ether oxygens (including phenoxy) is 2. The molecule has 0 bridgehead atoms. The first-order valence-corrected chi connectivity index (χ1v) is 9.25. The lowest BCUT2D eigenvalue weighted by atomic mass is 10.0. The summed E-state index contributed by atoms with van der Waals surface area (Å²) >= 11 is 0. The van der Waals surface area contributed by atoms with E-state index in [0.717, 1.165) is 35.5 Å². The van der Waals surface area contributed by atoms with Gasteiger partial charge in [0, 0.05) is 18.2 Å². The summed E-state index contributed by atoms with van der Waals surface area (Å²) < 4.78 is 15.9. The van der Waals surface area contributed by atoms with Crippen LogP contribution in [0.15, 0.2) is 59.1 Å². The van der Waals surface area contributed by atoms with Crippen molar-refractivity contribution in [2.45, 2.75) is 18.9 Å². The summed E-state index contributed by atoms with van der Waals surface area (Å²) in [7, 11) is 3.26. The highest BCUT2D eigenvalue weighted by molar-refractivity contribution is 5.93. The zero-order chi connectivity index (χ0) is 19.5. The van der Waals surface area contributed by atoms with Crippen molar-refractivity contribution in [3.8, 4) is 22.8 Å². The number of amides is 1. The first-order chi connectivity index (χ1) is 13.7. The van der Waals surface area contributed by atoms with Crippen LogP contribution in [0, 0.1) is 0 Å². The normalized spacial score (nSPS) is 16.2. The van der Waals surface area contributed by atoms with Gasteiger partial charge in [-0.2, -0.15) is 0 Å². The molecule has 0 N–H and O–H groups in total. The predicted molar refractivity (Wildman–Crippen MR) is 104 cm³/mol. The number of likely N-dealkylation sites (tertiary alicyclic amines) is 1. The maximum absolute atomic E-state index is 13.1. The Labute approximate surface area is 163 Å². The summed E-state index contributed by atoms with van der Waals surface area (Å²) in [5.41, 5.74) is 2.24. The molecule has 3 aromatic rings. The van der Waals surface area contributed by atoms with Gasteiger partial charge in [-0.15, -0.1) is 0 Å². The van der Waals surface area contributed by atoms with Gasteiger partial charge in [-0.25, -0.2) is 0 Å². The van der Waals surface area contributed by atoms with E-state index in [1.807, 2.05) is 53.4 Å². The molecular weight excluding hydrogens is 356 g/mol. The summed E-state index contributed by atoms with van der Waals surface area (Å²) in [6.45, 7) is 0.705. The van der Waals surface area contributed by atoms with E-state index in [4.69, 9.17) is 14.0 Å². The zero-order valence-electron chi connectivity index (χ0n) is 15.9. The molecule has 1 aromatic heterocycles. The Kier molecular flexibility index (Phi) is 5.02. The van der Waals surface area contributed by atoms with Crippen LogP contribution in [0.2, 0.25) is 0 Å². The third-order valence-corrected chi connectivity index (χ3v) is 5.10. The Balaban J connectivity index is 1.55. The molecule has 1 atom stereocenters. The van der Waals surface area contributed by atoms with Crippen molar-refractivity contribution in [1.29, 1.82) is 0 Å². The van der Waals surface area contributed by atoms with Crippen LogP contribution in [0.4, 0.5) is 0 Å². The molecule has 4 rings (SSSR count). The van der Waals surface area contributed by atoms with Crippen LogP contribution in [0.3, 0.4) is 0 Å². The molecular formula is C22H22N2O4. The van der Waals surface area contributed by atoms with Gasteiger partial charge in [-0.1, -0.05) is 29.4 Å². The van der Waals surface area contributed by atoms with Crippen molar-refractivity contribution in [3.05, 3.63) is 65.9 Å². The lowest BCUT2D eigenvalue weighted by Gasteiger charge is -2.24. The topological polar surface area (TPSA) is 64.8 Å². The number of aromatic nitrogens is 1. The number of carbonyl (C=O) groups excluding carboxylic acids is 1. The average molecular weight is 378 g/mol. The Morgan fingerprint density at radius 2 is 1.86 bits per heavy atom. The quantitative estimate of drug-likeness (QED) is 0.661. The lowest BCUT2D eigenvalue weighted by molar-refractivity contribution is 0.0725. The van der Waals surface area contributed by atoms with Crippen LogP contribution in [0.5, 0.6) is 11.5 Å².